The minimum atomic E-state index is -0.647. The van der Waals surface area contributed by atoms with E-state index in [1.54, 1.807) is 23.1 Å². The summed E-state index contributed by atoms with van der Waals surface area (Å²) >= 11 is 0. The number of hydrogen-bond donors (Lipinski definition) is 1. The van der Waals surface area contributed by atoms with E-state index in [9.17, 15) is 9.59 Å². The van der Waals surface area contributed by atoms with Gasteiger partial charge in [-0.2, -0.15) is 0 Å². The van der Waals surface area contributed by atoms with Crippen molar-refractivity contribution in [2.75, 3.05) is 23.4 Å². The summed E-state index contributed by atoms with van der Waals surface area (Å²) in [5.74, 6) is 0.278. The van der Waals surface area contributed by atoms with Crippen LogP contribution < -0.4 is 15.0 Å². The largest absolute Gasteiger partial charge is 0.490 e. The van der Waals surface area contributed by atoms with E-state index in [-0.39, 0.29) is 24.3 Å². The molecule has 0 saturated carbocycles. The third kappa shape index (κ3) is 4.34. The molecule has 0 radical (unpaired) electrons. The van der Waals surface area contributed by atoms with Crippen LogP contribution in [0.25, 0.3) is 0 Å². The van der Waals surface area contributed by atoms with Crippen molar-refractivity contribution in [2.24, 2.45) is 5.41 Å². The number of carbonyl (C=O) groups is 2. The Kier molecular flexibility index (Phi) is 6.06. The number of anilines is 2. The van der Waals surface area contributed by atoms with Crippen LogP contribution in [0.15, 0.2) is 61.2 Å². The fraction of sp³-hybridized carbons (Fsp3) is 0.333. The Morgan fingerprint density at radius 2 is 2.00 bits per heavy atom. The molecule has 5 nitrogen and oxygen atoms in total. The van der Waals surface area contributed by atoms with Crippen LogP contribution in [-0.2, 0) is 9.59 Å². The first-order valence-corrected chi connectivity index (χ1v) is 9.93. The lowest BCUT2D eigenvalue weighted by Gasteiger charge is -2.27. The molecule has 0 aliphatic carbocycles. The minimum Gasteiger partial charge on any atom is -0.490 e. The van der Waals surface area contributed by atoms with Crippen molar-refractivity contribution in [2.45, 2.75) is 33.1 Å². The second-order valence-electron chi connectivity index (χ2n) is 7.92. The van der Waals surface area contributed by atoms with Crippen molar-refractivity contribution in [1.29, 1.82) is 0 Å². The van der Waals surface area contributed by atoms with Crippen molar-refractivity contribution in [3.05, 3.63) is 66.7 Å². The Morgan fingerprint density at radius 1 is 1.28 bits per heavy atom. The van der Waals surface area contributed by atoms with Crippen LogP contribution >= 0.6 is 0 Å². The predicted molar refractivity (Wildman–Crippen MR) is 116 cm³/mol. The fourth-order valence-corrected chi connectivity index (χ4v) is 3.52. The van der Waals surface area contributed by atoms with E-state index in [1.807, 2.05) is 57.2 Å². The van der Waals surface area contributed by atoms with Gasteiger partial charge in [-0.05, 0) is 38.0 Å². The lowest BCUT2D eigenvalue weighted by Crippen LogP contribution is -2.42. The van der Waals surface area contributed by atoms with Crippen molar-refractivity contribution in [3.8, 4) is 5.75 Å². The SMILES string of the molecule is C=CCN1C(=O)C(C)(C)COc2cc(NC(=O)C(CC)c3ccccc3)ccc21. The molecule has 0 bridgehead atoms. The van der Waals surface area contributed by atoms with Crippen molar-refractivity contribution >= 4 is 23.2 Å². The van der Waals surface area contributed by atoms with Gasteiger partial charge in [0, 0.05) is 18.3 Å². The smallest absolute Gasteiger partial charge is 0.236 e. The van der Waals surface area contributed by atoms with Gasteiger partial charge in [0.1, 0.15) is 12.4 Å². The van der Waals surface area contributed by atoms with E-state index in [2.05, 4.69) is 11.9 Å². The molecule has 5 heteroatoms. The molecule has 3 rings (SSSR count). The highest BCUT2D eigenvalue weighted by molar-refractivity contribution is 6.01. The molecule has 0 spiro atoms. The van der Waals surface area contributed by atoms with E-state index in [1.165, 1.54) is 0 Å². The zero-order chi connectivity index (χ0) is 21.0. The van der Waals surface area contributed by atoms with Gasteiger partial charge in [0.2, 0.25) is 11.8 Å². The number of ether oxygens (including phenoxy) is 1. The Labute approximate surface area is 172 Å². The van der Waals surface area contributed by atoms with Crippen LogP contribution in [0.4, 0.5) is 11.4 Å². The highest BCUT2D eigenvalue weighted by Crippen LogP contribution is 2.38. The number of rotatable bonds is 6. The molecule has 1 heterocycles. The molecule has 1 unspecified atom stereocenters. The zero-order valence-electron chi connectivity index (χ0n) is 17.3. The summed E-state index contributed by atoms with van der Waals surface area (Å²) in [5, 5.41) is 3.00. The maximum Gasteiger partial charge on any atom is 0.236 e. The molecular weight excluding hydrogens is 364 g/mol. The zero-order valence-corrected chi connectivity index (χ0v) is 17.3. The summed E-state index contributed by atoms with van der Waals surface area (Å²) < 4.78 is 5.96. The molecular formula is C24H28N2O3. The van der Waals surface area contributed by atoms with Crippen molar-refractivity contribution in [1.82, 2.24) is 0 Å². The topological polar surface area (TPSA) is 58.6 Å². The molecule has 2 aromatic rings. The number of nitrogens with zero attached hydrogens (tertiary/aromatic N) is 1. The van der Waals surface area contributed by atoms with Gasteiger partial charge in [-0.25, -0.2) is 0 Å². The summed E-state index contributed by atoms with van der Waals surface area (Å²) in [6, 6.07) is 15.2. The number of fused-ring (bicyclic) bond motifs is 1. The Balaban J connectivity index is 1.87. The second kappa shape index (κ2) is 8.52. The third-order valence-corrected chi connectivity index (χ3v) is 5.17. The minimum absolute atomic E-state index is 0.0111. The van der Waals surface area contributed by atoms with Gasteiger partial charge in [0.15, 0.2) is 0 Å². The molecule has 1 aliphatic heterocycles. The molecule has 1 aliphatic rings. The van der Waals surface area contributed by atoms with E-state index in [0.717, 1.165) is 5.56 Å². The monoisotopic (exact) mass is 392 g/mol. The maximum atomic E-state index is 12.9. The molecule has 0 fully saturated rings. The molecule has 1 atom stereocenters. The molecule has 2 aromatic carbocycles. The number of hydrogen-bond acceptors (Lipinski definition) is 3. The molecule has 0 saturated heterocycles. The highest BCUT2D eigenvalue weighted by atomic mass is 16.5. The first-order valence-electron chi connectivity index (χ1n) is 9.93. The van der Waals surface area contributed by atoms with Gasteiger partial charge in [-0.1, -0.05) is 43.3 Å². The molecule has 1 N–H and O–H groups in total. The first-order chi connectivity index (χ1) is 13.9. The Bertz CT molecular complexity index is 906. The third-order valence-electron chi connectivity index (χ3n) is 5.17. The van der Waals surface area contributed by atoms with Gasteiger partial charge in [-0.15, -0.1) is 6.58 Å². The van der Waals surface area contributed by atoms with E-state index in [4.69, 9.17) is 4.74 Å². The molecule has 2 amide bonds. The van der Waals surface area contributed by atoms with Crippen LogP contribution in [0.5, 0.6) is 5.75 Å². The highest BCUT2D eigenvalue weighted by Gasteiger charge is 2.37. The Morgan fingerprint density at radius 3 is 2.66 bits per heavy atom. The van der Waals surface area contributed by atoms with Crippen molar-refractivity contribution in [3.63, 3.8) is 0 Å². The average Bonchev–Trinajstić information content (AvgIpc) is 2.80. The normalized spacial score (nSPS) is 16.2. The number of benzene rings is 2. The van der Waals surface area contributed by atoms with Crippen LogP contribution in [-0.4, -0.2) is 25.0 Å². The summed E-state index contributed by atoms with van der Waals surface area (Å²) in [5.41, 5.74) is 1.68. The van der Waals surface area contributed by atoms with E-state index >= 15 is 0 Å². The quantitative estimate of drug-likeness (QED) is 0.721. The summed E-state index contributed by atoms with van der Waals surface area (Å²) in [4.78, 5) is 27.4. The van der Waals surface area contributed by atoms with Gasteiger partial charge >= 0.3 is 0 Å². The lowest BCUT2D eigenvalue weighted by molar-refractivity contribution is -0.127. The number of amides is 2. The molecule has 0 aromatic heterocycles. The summed E-state index contributed by atoms with van der Waals surface area (Å²) in [6.07, 6.45) is 2.40. The lowest BCUT2D eigenvalue weighted by atomic mass is 9.93. The van der Waals surface area contributed by atoms with Crippen LogP contribution in [0.1, 0.15) is 38.7 Å². The van der Waals surface area contributed by atoms with Gasteiger partial charge in [0.25, 0.3) is 0 Å². The molecule has 152 valence electrons. The first kappa shape index (κ1) is 20.6. The maximum absolute atomic E-state index is 12.9. The standard InChI is InChI=1S/C24H28N2O3/c1-5-14-26-20-13-12-18(15-21(20)29-16-24(3,4)23(26)28)25-22(27)19(6-2)17-10-8-7-9-11-17/h5,7-13,15,19H,1,6,14,16H2,2-4H3,(H,25,27). The summed E-state index contributed by atoms with van der Waals surface area (Å²) in [6.45, 7) is 10.2. The number of carbonyl (C=O) groups excluding carboxylic acids is 2. The van der Waals surface area contributed by atoms with Crippen LogP contribution in [0.2, 0.25) is 0 Å². The summed E-state index contributed by atoms with van der Waals surface area (Å²) in [7, 11) is 0. The molecule has 29 heavy (non-hydrogen) atoms. The van der Waals surface area contributed by atoms with Crippen LogP contribution in [0, 0.1) is 5.41 Å². The van der Waals surface area contributed by atoms with Crippen molar-refractivity contribution < 1.29 is 14.3 Å². The average molecular weight is 392 g/mol. The van der Waals surface area contributed by atoms with Crippen LogP contribution in [0.3, 0.4) is 0 Å². The Hall–Kier alpha value is -3.08. The second-order valence-corrected chi connectivity index (χ2v) is 7.92. The predicted octanol–water partition coefficient (Wildman–Crippen LogP) is 4.76. The van der Waals surface area contributed by atoms with Gasteiger partial charge in [0.05, 0.1) is 17.0 Å². The van der Waals surface area contributed by atoms with E-state index in [0.29, 0.717) is 30.1 Å². The fourth-order valence-electron chi connectivity index (χ4n) is 3.52. The number of nitrogens with one attached hydrogen (secondary N) is 1. The van der Waals surface area contributed by atoms with E-state index < -0.39 is 5.41 Å². The van der Waals surface area contributed by atoms with Gasteiger partial charge in [-0.3, -0.25) is 9.59 Å². The van der Waals surface area contributed by atoms with Gasteiger partial charge < -0.3 is 15.0 Å².